The lowest BCUT2D eigenvalue weighted by molar-refractivity contribution is -0.384. The molecule has 21 heavy (non-hydrogen) atoms. The maximum atomic E-state index is 10.6. The van der Waals surface area contributed by atoms with E-state index in [2.05, 4.69) is 20.5 Å². The number of nitrogens with one attached hydrogen (secondary N) is 1. The number of halogens is 1. The Morgan fingerprint density at radius 2 is 2.00 bits per heavy atom. The number of benzene rings is 1. The lowest BCUT2D eigenvalue weighted by atomic mass is 10.1. The highest BCUT2D eigenvalue weighted by Gasteiger charge is 2.05. The van der Waals surface area contributed by atoms with Crippen molar-refractivity contribution in [3.8, 4) is 0 Å². The van der Waals surface area contributed by atoms with E-state index < -0.39 is 4.92 Å². The van der Waals surface area contributed by atoms with Gasteiger partial charge in [0.15, 0.2) is 5.82 Å². The molecule has 1 N–H and O–H groups in total. The largest absolute Gasteiger partial charge is 0.269 e. The van der Waals surface area contributed by atoms with E-state index >= 15 is 0 Å². The molecule has 0 unspecified atom stereocenters. The van der Waals surface area contributed by atoms with E-state index in [4.69, 9.17) is 11.6 Å². The van der Waals surface area contributed by atoms with Gasteiger partial charge in [-0.3, -0.25) is 15.5 Å². The second-order valence-electron chi connectivity index (χ2n) is 4.24. The quantitative estimate of drug-likeness (QED) is 0.405. The fourth-order valence-electron chi connectivity index (χ4n) is 1.62. The molecule has 2 aromatic rings. The van der Waals surface area contributed by atoms with Gasteiger partial charge in [0.25, 0.3) is 5.69 Å². The van der Waals surface area contributed by atoms with Crippen LogP contribution in [0.4, 0.5) is 11.5 Å². The summed E-state index contributed by atoms with van der Waals surface area (Å²) in [5, 5.41) is 15.1. The van der Waals surface area contributed by atoms with Gasteiger partial charge >= 0.3 is 0 Å². The van der Waals surface area contributed by atoms with Gasteiger partial charge in [0.2, 0.25) is 0 Å². The van der Waals surface area contributed by atoms with Gasteiger partial charge in [-0.25, -0.2) is 9.97 Å². The van der Waals surface area contributed by atoms with E-state index in [1.165, 1.54) is 12.1 Å². The average molecular weight is 306 g/mol. The minimum absolute atomic E-state index is 0.0396. The van der Waals surface area contributed by atoms with E-state index in [1.54, 1.807) is 32.0 Å². The molecule has 0 aliphatic heterocycles. The molecule has 0 bridgehead atoms. The summed E-state index contributed by atoms with van der Waals surface area (Å²) in [6, 6.07) is 7.69. The molecule has 1 heterocycles. The van der Waals surface area contributed by atoms with Gasteiger partial charge < -0.3 is 0 Å². The number of non-ortho nitro benzene ring substituents is 1. The molecule has 2 rings (SSSR count). The second kappa shape index (κ2) is 6.27. The Hall–Kier alpha value is -2.54. The monoisotopic (exact) mass is 305 g/mol. The number of aryl methyl sites for hydroxylation is 1. The van der Waals surface area contributed by atoms with Crippen LogP contribution in [0.3, 0.4) is 0 Å². The number of nitro groups is 1. The number of hydrogen-bond acceptors (Lipinski definition) is 6. The highest BCUT2D eigenvalue weighted by molar-refractivity contribution is 6.29. The van der Waals surface area contributed by atoms with Crippen molar-refractivity contribution in [1.82, 2.24) is 9.97 Å². The van der Waals surface area contributed by atoms with Crippen LogP contribution in [0.5, 0.6) is 0 Å². The van der Waals surface area contributed by atoms with E-state index in [1.807, 2.05) is 0 Å². The predicted molar refractivity (Wildman–Crippen MR) is 80.7 cm³/mol. The van der Waals surface area contributed by atoms with Crippen molar-refractivity contribution in [2.75, 3.05) is 5.43 Å². The van der Waals surface area contributed by atoms with Gasteiger partial charge in [0.1, 0.15) is 11.0 Å². The molecule has 0 aliphatic carbocycles. The Labute approximate surface area is 125 Å². The maximum absolute atomic E-state index is 10.6. The third kappa shape index (κ3) is 3.96. The second-order valence-corrected chi connectivity index (χ2v) is 4.62. The number of aromatic nitrogens is 2. The summed E-state index contributed by atoms with van der Waals surface area (Å²) in [5.41, 5.74) is 4.25. The van der Waals surface area contributed by atoms with Crippen molar-refractivity contribution in [2.45, 2.75) is 13.8 Å². The molecule has 0 radical (unpaired) electrons. The van der Waals surface area contributed by atoms with Crippen LogP contribution in [0, 0.1) is 17.0 Å². The highest BCUT2D eigenvalue weighted by atomic mass is 35.5. The van der Waals surface area contributed by atoms with Crippen LogP contribution in [-0.4, -0.2) is 20.6 Å². The van der Waals surface area contributed by atoms with Crippen LogP contribution in [0.1, 0.15) is 18.3 Å². The molecule has 108 valence electrons. The first kappa shape index (κ1) is 14.9. The zero-order valence-electron chi connectivity index (χ0n) is 11.4. The summed E-state index contributed by atoms with van der Waals surface area (Å²) < 4.78 is 0. The number of rotatable bonds is 4. The molecule has 0 saturated carbocycles. The lowest BCUT2D eigenvalue weighted by Gasteiger charge is -2.04. The van der Waals surface area contributed by atoms with Gasteiger partial charge in [-0.2, -0.15) is 5.10 Å². The van der Waals surface area contributed by atoms with Crippen molar-refractivity contribution >= 4 is 28.8 Å². The Bertz CT molecular complexity index is 680. The molecular weight excluding hydrogens is 294 g/mol. The zero-order chi connectivity index (χ0) is 15.4. The summed E-state index contributed by atoms with van der Waals surface area (Å²) in [4.78, 5) is 18.2. The minimum Gasteiger partial charge on any atom is -0.261 e. The maximum Gasteiger partial charge on any atom is 0.269 e. The summed E-state index contributed by atoms with van der Waals surface area (Å²) in [5.74, 6) is 1.02. The Balaban J connectivity index is 2.15. The molecule has 7 nitrogen and oxygen atoms in total. The van der Waals surface area contributed by atoms with Crippen LogP contribution in [0.25, 0.3) is 0 Å². The van der Waals surface area contributed by atoms with Crippen molar-refractivity contribution in [3.63, 3.8) is 0 Å². The van der Waals surface area contributed by atoms with Crippen LogP contribution >= 0.6 is 11.6 Å². The average Bonchev–Trinajstić information content (AvgIpc) is 2.44. The fourth-order valence-corrected chi connectivity index (χ4v) is 1.84. The molecule has 8 heteroatoms. The van der Waals surface area contributed by atoms with Gasteiger partial charge in [0.05, 0.1) is 10.6 Å². The molecular formula is C13H12ClN5O2. The number of anilines is 1. The van der Waals surface area contributed by atoms with Crippen LogP contribution < -0.4 is 5.43 Å². The SMILES string of the molecule is CC(=NNc1cc(Cl)nc(C)n1)c1ccc([N+](=O)[O-])cc1. The van der Waals surface area contributed by atoms with E-state index in [9.17, 15) is 10.1 Å². The molecule has 0 atom stereocenters. The fraction of sp³-hybridized carbons (Fsp3) is 0.154. The Morgan fingerprint density at radius 1 is 1.33 bits per heavy atom. The highest BCUT2D eigenvalue weighted by Crippen LogP contribution is 2.14. The molecule has 0 spiro atoms. The van der Waals surface area contributed by atoms with Crippen LogP contribution in [-0.2, 0) is 0 Å². The number of nitrogens with zero attached hydrogens (tertiary/aromatic N) is 4. The summed E-state index contributed by atoms with van der Waals surface area (Å²) >= 11 is 5.83. The predicted octanol–water partition coefficient (Wildman–Crippen LogP) is 3.18. The van der Waals surface area contributed by atoms with Crippen molar-refractivity contribution in [2.24, 2.45) is 5.10 Å². The normalized spacial score (nSPS) is 11.3. The number of hydrazone groups is 1. The first-order chi connectivity index (χ1) is 9.95. The first-order valence-electron chi connectivity index (χ1n) is 6.02. The summed E-state index contributed by atoms with van der Waals surface area (Å²) in [6.07, 6.45) is 0. The van der Waals surface area contributed by atoms with Crippen molar-refractivity contribution in [1.29, 1.82) is 0 Å². The van der Waals surface area contributed by atoms with E-state index in [-0.39, 0.29) is 5.69 Å². The Morgan fingerprint density at radius 3 is 2.57 bits per heavy atom. The molecule has 0 amide bonds. The van der Waals surface area contributed by atoms with Gasteiger partial charge in [-0.1, -0.05) is 11.6 Å². The summed E-state index contributed by atoms with van der Waals surface area (Å²) in [7, 11) is 0. The van der Waals surface area contributed by atoms with Crippen molar-refractivity contribution < 1.29 is 4.92 Å². The molecule has 0 aliphatic rings. The third-order valence-electron chi connectivity index (χ3n) is 2.64. The molecule has 0 saturated heterocycles. The molecule has 1 aromatic heterocycles. The molecule has 1 aromatic carbocycles. The lowest BCUT2D eigenvalue weighted by Crippen LogP contribution is -2.02. The standard InChI is InChI=1S/C13H12ClN5O2/c1-8(10-3-5-11(6-4-10)19(20)21)17-18-13-7-12(14)15-9(2)16-13/h3-7H,1-2H3,(H,15,16,18). The number of nitro benzene ring substituents is 1. The topological polar surface area (TPSA) is 93.3 Å². The van der Waals surface area contributed by atoms with Crippen molar-refractivity contribution in [3.05, 3.63) is 57.0 Å². The van der Waals surface area contributed by atoms with Gasteiger partial charge in [-0.05, 0) is 31.5 Å². The van der Waals surface area contributed by atoms with Crippen LogP contribution in [0.15, 0.2) is 35.4 Å². The van der Waals surface area contributed by atoms with Gasteiger partial charge in [-0.15, -0.1) is 0 Å². The summed E-state index contributed by atoms with van der Waals surface area (Å²) in [6.45, 7) is 3.51. The third-order valence-corrected chi connectivity index (χ3v) is 2.83. The smallest absolute Gasteiger partial charge is 0.261 e. The number of hydrogen-bond donors (Lipinski definition) is 1. The zero-order valence-corrected chi connectivity index (χ0v) is 12.1. The van der Waals surface area contributed by atoms with Crippen LogP contribution in [0.2, 0.25) is 5.15 Å². The van der Waals surface area contributed by atoms with Gasteiger partial charge in [0, 0.05) is 18.2 Å². The Kier molecular flexibility index (Phi) is 4.44. The molecule has 0 fully saturated rings. The minimum atomic E-state index is -0.444. The van der Waals surface area contributed by atoms with E-state index in [0.717, 1.165) is 5.56 Å². The first-order valence-corrected chi connectivity index (χ1v) is 6.40. The van der Waals surface area contributed by atoms with E-state index in [0.29, 0.717) is 22.5 Å².